The highest BCUT2D eigenvalue weighted by Gasteiger charge is 2.28. The summed E-state index contributed by atoms with van der Waals surface area (Å²) in [5.41, 5.74) is 0. The molecule has 362 valence electrons. The molecular formula is C55H107NO5. The molecule has 0 aromatic carbocycles. The zero-order valence-electron chi connectivity index (χ0n) is 40.9. The van der Waals surface area contributed by atoms with Gasteiger partial charge >= 0.3 is 0 Å². The van der Waals surface area contributed by atoms with Gasteiger partial charge in [0.25, 0.3) is 0 Å². The predicted molar refractivity (Wildman–Crippen MR) is 265 cm³/mol. The number of rotatable bonds is 50. The van der Waals surface area contributed by atoms with Gasteiger partial charge in [0.2, 0.25) is 5.91 Å². The summed E-state index contributed by atoms with van der Waals surface area (Å²) in [4.78, 5) is 12.5. The SMILES string of the molecule is CCCCCCCCCCCCCCCCCCCCCCCC/C=C/CC/C=C/CCCC(O)C(O)C(CO)NC(=O)C(O)CCCCCCCCCCCCCCCC. The van der Waals surface area contributed by atoms with E-state index in [0.29, 0.717) is 19.3 Å². The van der Waals surface area contributed by atoms with E-state index in [1.807, 2.05) is 0 Å². The van der Waals surface area contributed by atoms with Crippen molar-refractivity contribution in [2.45, 2.75) is 314 Å². The number of carbonyl (C=O) groups is 1. The molecule has 0 aliphatic heterocycles. The third-order valence-corrected chi connectivity index (χ3v) is 12.9. The molecule has 0 heterocycles. The standard InChI is InChI=1S/C55H107NO5/c1-3-5-7-9-11-13-15-17-19-20-21-22-23-24-25-26-27-28-29-30-31-32-33-34-35-37-38-40-42-44-46-48-52(58)54(60)51(50-57)56-55(61)53(59)49-47-45-43-41-39-36-18-16-14-12-10-8-6-4-2/h34-35,40,42,51-54,57-60H,3-33,36-39,41,43-50H2,1-2H3,(H,56,61)/b35-34+,42-40+. The minimum absolute atomic E-state index is 0.364. The Morgan fingerprint density at radius 1 is 0.393 bits per heavy atom. The molecule has 0 fully saturated rings. The van der Waals surface area contributed by atoms with Crippen LogP contribution in [0, 0.1) is 0 Å². The number of amides is 1. The smallest absolute Gasteiger partial charge is 0.249 e. The van der Waals surface area contributed by atoms with Crippen molar-refractivity contribution in [3.63, 3.8) is 0 Å². The van der Waals surface area contributed by atoms with Gasteiger partial charge in [0, 0.05) is 0 Å². The second-order valence-electron chi connectivity index (χ2n) is 18.9. The fourth-order valence-corrected chi connectivity index (χ4v) is 8.60. The predicted octanol–water partition coefficient (Wildman–Crippen LogP) is 15.5. The number of allylic oxidation sites excluding steroid dienone is 4. The average molecular weight is 862 g/mol. The number of hydrogen-bond donors (Lipinski definition) is 5. The van der Waals surface area contributed by atoms with Gasteiger partial charge in [0.15, 0.2) is 0 Å². The first kappa shape index (κ1) is 59.8. The Kier molecular flexibility index (Phi) is 48.8. The Balaban J connectivity index is 3.63. The van der Waals surface area contributed by atoms with Crippen LogP contribution in [0.15, 0.2) is 24.3 Å². The lowest BCUT2D eigenvalue weighted by Gasteiger charge is -2.27. The van der Waals surface area contributed by atoms with Crippen LogP contribution in [0.1, 0.15) is 290 Å². The molecule has 0 radical (unpaired) electrons. The number of unbranched alkanes of at least 4 members (excludes halogenated alkanes) is 37. The summed E-state index contributed by atoms with van der Waals surface area (Å²) in [7, 11) is 0. The normalized spacial score (nSPS) is 14.0. The Morgan fingerprint density at radius 2 is 0.689 bits per heavy atom. The highest BCUT2D eigenvalue weighted by atomic mass is 16.3. The second-order valence-corrected chi connectivity index (χ2v) is 18.9. The molecule has 6 heteroatoms. The van der Waals surface area contributed by atoms with E-state index in [0.717, 1.165) is 38.5 Å². The van der Waals surface area contributed by atoms with E-state index in [4.69, 9.17) is 0 Å². The van der Waals surface area contributed by atoms with Crippen molar-refractivity contribution in [2.75, 3.05) is 6.61 Å². The maximum atomic E-state index is 12.5. The van der Waals surface area contributed by atoms with Gasteiger partial charge in [-0.15, -0.1) is 0 Å². The summed E-state index contributed by atoms with van der Waals surface area (Å²) >= 11 is 0. The van der Waals surface area contributed by atoms with Crippen LogP contribution >= 0.6 is 0 Å². The monoisotopic (exact) mass is 862 g/mol. The van der Waals surface area contributed by atoms with E-state index < -0.39 is 36.9 Å². The van der Waals surface area contributed by atoms with Crippen LogP contribution in [0.4, 0.5) is 0 Å². The molecule has 4 atom stereocenters. The largest absolute Gasteiger partial charge is 0.394 e. The van der Waals surface area contributed by atoms with Gasteiger partial charge in [0.05, 0.1) is 18.8 Å². The fourth-order valence-electron chi connectivity index (χ4n) is 8.60. The van der Waals surface area contributed by atoms with Crippen LogP contribution < -0.4 is 5.32 Å². The molecule has 5 N–H and O–H groups in total. The topological polar surface area (TPSA) is 110 Å². The van der Waals surface area contributed by atoms with Crippen LogP contribution in [0.25, 0.3) is 0 Å². The Hall–Kier alpha value is -1.21. The molecule has 6 nitrogen and oxygen atoms in total. The van der Waals surface area contributed by atoms with E-state index in [-0.39, 0.29) is 0 Å². The summed E-state index contributed by atoms with van der Waals surface area (Å²) < 4.78 is 0. The molecule has 4 unspecified atom stereocenters. The highest BCUT2D eigenvalue weighted by molar-refractivity contribution is 5.80. The molecule has 0 aromatic rings. The Labute approximate surface area is 380 Å². The first-order valence-corrected chi connectivity index (χ1v) is 27.2. The van der Waals surface area contributed by atoms with Crippen molar-refractivity contribution in [2.24, 2.45) is 0 Å². The lowest BCUT2D eigenvalue weighted by atomic mass is 10.00. The quantitative estimate of drug-likeness (QED) is 0.0309. The van der Waals surface area contributed by atoms with E-state index in [1.54, 1.807) is 0 Å². The van der Waals surface area contributed by atoms with Gasteiger partial charge in [-0.25, -0.2) is 0 Å². The minimum Gasteiger partial charge on any atom is -0.394 e. The molecule has 0 aliphatic rings. The Morgan fingerprint density at radius 3 is 1.03 bits per heavy atom. The first-order valence-electron chi connectivity index (χ1n) is 27.2. The average Bonchev–Trinajstić information content (AvgIpc) is 3.26. The van der Waals surface area contributed by atoms with E-state index in [2.05, 4.69) is 43.5 Å². The molecule has 0 saturated heterocycles. The highest BCUT2D eigenvalue weighted by Crippen LogP contribution is 2.17. The van der Waals surface area contributed by atoms with Crippen LogP contribution in [-0.2, 0) is 4.79 Å². The van der Waals surface area contributed by atoms with Gasteiger partial charge < -0.3 is 25.7 Å². The lowest BCUT2D eigenvalue weighted by Crippen LogP contribution is -2.53. The maximum absolute atomic E-state index is 12.5. The molecule has 0 aliphatic carbocycles. The fraction of sp³-hybridized carbons (Fsp3) is 0.909. The second kappa shape index (κ2) is 49.8. The van der Waals surface area contributed by atoms with Crippen molar-refractivity contribution < 1.29 is 25.2 Å². The number of aliphatic hydroxyl groups excluding tert-OH is 4. The summed E-state index contributed by atoms with van der Waals surface area (Å²) in [5, 5.41) is 43.8. The van der Waals surface area contributed by atoms with Crippen molar-refractivity contribution in [3.8, 4) is 0 Å². The van der Waals surface area contributed by atoms with Crippen LogP contribution in [0.2, 0.25) is 0 Å². The van der Waals surface area contributed by atoms with Crippen molar-refractivity contribution in [1.82, 2.24) is 5.32 Å². The molecule has 0 bridgehead atoms. The molecule has 61 heavy (non-hydrogen) atoms. The first-order chi connectivity index (χ1) is 30.0. The molecule has 1 amide bonds. The Bertz CT molecular complexity index is 924. The minimum atomic E-state index is -1.29. The summed E-state index contributed by atoms with van der Waals surface area (Å²) in [6.07, 6.45) is 59.7. The van der Waals surface area contributed by atoms with Crippen molar-refractivity contribution in [3.05, 3.63) is 24.3 Å². The molecule has 0 saturated carbocycles. The van der Waals surface area contributed by atoms with E-state index >= 15 is 0 Å². The third-order valence-electron chi connectivity index (χ3n) is 12.9. The molecule has 0 aromatic heterocycles. The summed E-state index contributed by atoms with van der Waals surface area (Å²) in [6, 6.07) is -1.01. The zero-order valence-corrected chi connectivity index (χ0v) is 40.9. The lowest BCUT2D eigenvalue weighted by molar-refractivity contribution is -0.132. The van der Waals surface area contributed by atoms with Gasteiger partial charge in [-0.05, 0) is 51.4 Å². The van der Waals surface area contributed by atoms with Crippen molar-refractivity contribution >= 4 is 5.91 Å². The zero-order chi connectivity index (χ0) is 44.5. The maximum Gasteiger partial charge on any atom is 0.249 e. The van der Waals surface area contributed by atoms with Crippen LogP contribution in [0.3, 0.4) is 0 Å². The molecule has 0 rings (SSSR count). The van der Waals surface area contributed by atoms with Gasteiger partial charge in [0.1, 0.15) is 12.2 Å². The number of aliphatic hydroxyl groups is 4. The summed E-state index contributed by atoms with van der Waals surface area (Å²) in [6.45, 7) is 4.06. The third kappa shape index (κ3) is 43.8. The molecular weight excluding hydrogens is 755 g/mol. The number of carbonyl (C=O) groups excluding carboxylic acids is 1. The van der Waals surface area contributed by atoms with Gasteiger partial charge in [-0.3, -0.25) is 4.79 Å². The summed E-state index contributed by atoms with van der Waals surface area (Å²) in [5.74, 6) is -0.594. The number of hydrogen-bond acceptors (Lipinski definition) is 5. The van der Waals surface area contributed by atoms with E-state index in [9.17, 15) is 25.2 Å². The van der Waals surface area contributed by atoms with Crippen LogP contribution in [0.5, 0.6) is 0 Å². The van der Waals surface area contributed by atoms with E-state index in [1.165, 1.54) is 218 Å². The van der Waals surface area contributed by atoms with Gasteiger partial charge in [-0.2, -0.15) is 0 Å². The number of nitrogens with one attached hydrogen (secondary N) is 1. The van der Waals surface area contributed by atoms with Crippen LogP contribution in [-0.4, -0.2) is 57.3 Å². The van der Waals surface area contributed by atoms with Gasteiger partial charge in [-0.1, -0.05) is 263 Å². The van der Waals surface area contributed by atoms with Crippen molar-refractivity contribution in [1.29, 1.82) is 0 Å². The molecule has 0 spiro atoms.